The zero-order valence-electron chi connectivity index (χ0n) is 22.4. The van der Waals surface area contributed by atoms with Crippen LogP contribution in [0.25, 0.3) is 27.3 Å². The second-order valence-electron chi connectivity index (χ2n) is 9.95. The molecule has 0 amide bonds. The van der Waals surface area contributed by atoms with E-state index >= 15 is 8.63 Å². The number of thiophene rings is 3. The van der Waals surface area contributed by atoms with E-state index in [0.29, 0.717) is 11.4 Å². The van der Waals surface area contributed by atoms with Crippen molar-refractivity contribution < 1.29 is 17.8 Å². The molecule has 2 nitrogen and oxygen atoms in total. The number of aryl methyl sites for hydroxylation is 7. The van der Waals surface area contributed by atoms with E-state index in [4.69, 9.17) is 4.65 Å². The van der Waals surface area contributed by atoms with Crippen molar-refractivity contribution in [2.75, 3.05) is 0 Å². The van der Waals surface area contributed by atoms with Gasteiger partial charge in [0.2, 0.25) is 0 Å². The molecule has 0 saturated heterocycles. The molecule has 5 rings (SSSR count). The third-order valence-electron chi connectivity index (χ3n) is 6.76. The summed E-state index contributed by atoms with van der Waals surface area (Å²) < 4.78 is 38.2. The highest BCUT2D eigenvalue weighted by Crippen LogP contribution is 2.48. The summed E-state index contributed by atoms with van der Waals surface area (Å²) in [5, 5.41) is 0. The van der Waals surface area contributed by atoms with Gasteiger partial charge in [0.25, 0.3) is 0 Å². The van der Waals surface area contributed by atoms with Crippen molar-refractivity contribution in [1.82, 2.24) is 0 Å². The SMILES string of the molecule is CC1=[N+](c2c(C)cc(C)cc2C)[B-](F)(F)OC(c2cc(-c3cc(C)sc3C)c(-c3cc(C)sc3C)s2)=C1. The first-order valence-electron chi connectivity index (χ1n) is 12.3. The van der Waals surface area contributed by atoms with Crippen LogP contribution in [0.2, 0.25) is 0 Å². The lowest BCUT2D eigenvalue weighted by atomic mass is 9.94. The second-order valence-corrected chi connectivity index (χ2v) is 13.9. The molecule has 3 aromatic heterocycles. The fourth-order valence-corrected chi connectivity index (χ4v) is 8.55. The minimum atomic E-state index is -4.32. The summed E-state index contributed by atoms with van der Waals surface area (Å²) in [7, 11) is -4.32. The normalized spacial score (nSPS) is 15.2. The maximum absolute atomic E-state index is 15.8. The summed E-state index contributed by atoms with van der Waals surface area (Å²) in [5.74, 6) is 0.230. The van der Waals surface area contributed by atoms with Crippen molar-refractivity contribution in [3.63, 3.8) is 0 Å². The molecule has 0 spiro atoms. The van der Waals surface area contributed by atoms with E-state index in [1.54, 1.807) is 35.7 Å². The minimum Gasteiger partial charge on any atom is -0.598 e. The van der Waals surface area contributed by atoms with Crippen LogP contribution in [0.1, 0.15) is 48.0 Å². The van der Waals surface area contributed by atoms with Crippen molar-refractivity contribution in [2.24, 2.45) is 0 Å². The first-order valence-corrected chi connectivity index (χ1v) is 14.7. The van der Waals surface area contributed by atoms with Crippen LogP contribution in [-0.2, 0) is 4.65 Å². The predicted octanol–water partition coefficient (Wildman–Crippen LogP) is 9.91. The van der Waals surface area contributed by atoms with Crippen LogP contribution < -0.4 is 0 Å². The molecule has 0 bridgehead atoms. The van der Waals surface area contributed by atoms with E-state index < -0.39 is 7.04 Å². The Hall–Kier alpha value is -2.55. The summed E-state index contributed by atoms with van der Waals surface area (Å²) in [4.78, 5) is 6.73. The molecule has 0 aliphatic carbocycles. The molecule has 1 aliphatic heterocycles. The Balaban J connectivity index is 1.70. The van der Waals surface area contributed by atoms with Gasteiger partial charge in [0.1, 0.15) is 11.5 Å². The molecule has 0 fully saturated rings. The van der Waals surface area contributed by atoms with Gasteiger partial charge in [-0.2, -0.15) is 0 Å². The molecule has 4 heterocycles. The summed E-state index contributed by atoms with van der Waals surface area (Å²) >= 11 is 5.05. The maximum atomic E-state index is 15.8. The Morgan fingerprint density at radius 3 is 1.78 bits per heavy atom. The molecular formula is C29H30BF2NOS3. The molecule has 37 heavy (non-hydrogen) atoms. The second kappa shape index (κ2) is 9.33. The van der Waals surface area contributed by atoms with Crippen molar-refractivity contribution in [2.45, 2.75) is 55.4 Å². The monoisotopic (exact) mass is 553 g/mol. The number of allylic oxidation sites excluding steroid dienone is 1. The first-order chi connectivity index (χ1) is 17.4. The Bertz CT molecular complexity index is 1530. The minimum absolute atomic E-state index is 0.230. The van der Waals surface area contributed by atoms with Crippen molar-refractivity contribution in [1.29, 1.82) is 0 Å². The van der Waals surface area contributed by atoms with Gasteiger partial charge in [-0.1, -0.05) is 5.56 Å². The molecular weight excluding hydrogens is 523 g/mol. The van der Waals surface area contributed by atoms with E-state index in [1.807, 2.05) is 39.0 Å². The Kier molecular flexibility index (Phi) is 6.58. The zero-order chi connectivity index (χ0) is 26.8. The Labute approximate surface area is 229 Å². The fraction of sp³-hybridized carbons (Fsp3) is 0.276. The van der Waals surface area contributed by atoms with Gasteiger partial charge in [-0.05, 0) is 84.4 Å². The highest BCUT2D eigenvalue weighted by atomic mass is 32.1. The van der Waals surface area contributed by atoms with Gasteiger partial charge >= 0.3 is 7.04 Å². The predicted molar refractivity (Wildman–Crippen MR) is 158 cm³/mol. The summed E-state index contributed by atoms with van der Waals surface area (Å²) in [6.45, 7) is 15.9. The molecule has 0 saturated carbocycles. The molecule has 4 aromatic rings. The smallest absolute Gasteiger partial charge is 0.598 e. The van der Waals surface area contributed by atoms with E-state index in [9.17, 15) is 0 Å². The maximum Gasteiger partial charge on any atom is 0.834 e. The van der Waals surface area contributed by atoms with Crippen LogP contribution in [0.3, 0.4) is 0 Å². The van der Waals surface area contributed by atoms with Gasteiger partial charge < -0.3 is 17.8 Å². The standard InChI is InChI=1S/C29H30BF2NOS3/c1-15-9-16(2)28(17(3)10-15)33-18(4)11-26(34-30(33,31)32)27-14-25(23-12-19(5)35-21(23)7)29(37-27)24-13-20(6)36-22(24)8/h9-14H,1-8H3. The molecule has 8 heteroatoms. The van der Waals surface area contributed by atoms with Crippen LogP contribution in [0.5, 0.6) is 0 Å². The van der Waals surface area contributed by atoms with Crippen LogP contribution in [0.15, 0.2) is 36.4 Å². The topological polar surface area (TPSA) is 12.2 Å². The van der Waals surface area contributed by atoms with E-state index in [2.05, 4.69) is 39.8 Å². The van der Waals surface area contributed by atoms with Gasteiger partial charge in [-0.3, -0.25) is 0 Å². The summed E-state index contributed by atoms with van der Waals surface area (Å²) in [6.07, 6.45) is 1.76. The van der Waals surface area contributed by atoms with Gasteiger partial charge in [0.15, 0.2) is 5.69 Å². The Morgan fingerprint density at radius 1 is 0.703 bits per heavy atom. The number of hydrogen-bond acceptors (Lipinski definition) is 4. The van der Waals surface area contributed by atoms with Gasteiger partial charge in [0.05, 0.1) is 4.88 Å². The fourth-order valence-electron chi connectivity index (χ4n) is 5.41. The highest BCUT2D eigenvalue weighted by molar-refractivity contribution is 7.18. The summed E-state index contributed by atoms with van der Waals surface area (Å²) in [5.41, 5.74) is 7.07. The largest absolute Gasteiger partial charge is 0.834 e. The average Bonchev–Trinajstić information content (AvgIpc) is 3.44. The number of benzene rings is 1. The van der Waals surface area contributed by atoms with Crippen LogP contribution in [0, 0.1) is 48.5 Å². The zero-order valence-corrected chi connectivity index (χ0v) is 24.8. The van der Waals surface area contributed by atoms with Gasteiger partial charge in [0, 0.05) is 59.6 Å². The van der Waals surface area contributed by atoms with Crippen molar-refractivity contribution in [3.05, 3.63) is 77.5 Å². The lowest BCUT2D eigenvalue weighted by molar-refractivity contribution is -0.352. The first kappa shape index (κ1) is 26.1. The highest BCUT2D eigenvalue weighted by Gasteiger charge is 2.52. The molecule has 0 atom stereocenters. The quantitative estimate of drug-likeness (QED) is 0.229. The number of hydrogen-bond donors (Lipinski definition) is 0. The third-order valence-corrected chi connectivity index (χ3v) is 9.87. The molecule has 0 unspecified atom stereocenters. The van der Waals surface area contributed by atoms with Gasteiger partial charge in [-0.15, -0.1) is 34.0 Å². The Morgan fingerprint density at radius 2 is 1.27 bits per heavy atom. The van der Waals surface area contributed by atoms with E-state index in [-0.39, 0.29) is 5.76 Å². The molecule has 192 valence electrons. The molecule has 1 aromatic carbocycles. The van der Waals surface area contributed by atoms with Crippen LogP contribution >= 0.6 is 34.0 Å². The lowest BCUT2D eigenvalue weighted by Gasteiger charge is -2.30. The van der Waals surface area contributed by atoms with Crippen LogP contribution in [-0.4, -0.2) is 17.2 Å². The molecule has 0 radical (unpaired) electrons. The van der Waals surface area contributed by atoms with Crippen molar-refractivity contribution in [3.8, 4) is 21.6 Å². The number of halogens is 2. The number of nitrogens with zero attached hydrogens (tertiary/aromatic N) is 1. The lowest BCUT2D eigenvalue weighted by Crippen LogP contribution is -2.45. The molecule has 1 aliphatic rings. The van der Waals surface area contributed by atoms with Crippen LogP contribution in [0.4, 0.5) is 14.3 Å². The van der Waals surface area contributed by atoms with E-state index in [1.165, 1.54) is 36.4 Å². The average molecular weight is 554 g/mol. The van der Waals surface area contributed by atoms with Crippen molar-refractivity contribution >= 4 is 58.2 Å². The van der Waals surface area contributed by atoms with E-state index in [0.717, 1.165) is 42.1 Å². The van der Waals surface area contributed by atoms with Gasteiger partial charge in [-0.25, -0.2) is 0 Å². The molecule has 0 N–H and O–H groups in total. The summed E-state index contributed by atoms with van der Waals surface area (Å²) in [6, 6.07) is 10.3. The number of rotatable bonds is 4. The third kappa shape index (κ3) is 4.64.